The van der Waals surface area contributed by atoms with E-state index in [4.69, 9.17) is 9.26 Å². The van der Waals surface area contributed by atoms with Crippen molar-refractivity contribution in [1.29, 1.82) is 0 Å². The smallest absolute Gasteiger partial charge is 0.193 e. The van der Waals surface area contributed by atoms with E-state index < -0.39 is 0 Å². The molecular weight excluding hydrogens is 371 g/mol. The number of hydrogen-bond donors (Lipinski definition) is 1. The zero-order valence-corrected chi connectivity index (χ0v) is 14.4. The fraction of sp³-hybridized carbons (Fsp3) is 0.692. The maximum atomic E-state index is 5.36. The van der Waals surface area contributed by atoms with Crippen LogP contribution in [-0.4, -0.2) is 49.9 Å². The fourth-order valence-corrected chi connectivity index (χ4v) is 2.21. The predicted octanol–water partition coefficient (Wildman–Crippen LogP) is 1.73. The molecule has 1 saturated heterocycles. The highest BCUT2D eigenvalue weighted by atomic mass is 127. The van der Waals surface area contributed by atoms with Crippen LogP contribution in [0.1, 0.15) is 18.5 Å². The number of hydrogen-bond acceptors (Lipinski definition) is 4. The van der Waals surface area contributed by atoms with E-state index >= 15 is 0 Å². The van der Waals surface area contributed by atoms with Gasteiger partial charge in [-0.05, 0) is 18.8 Å². The Hall–Kier alpha value is -0.830. The van der Waals surface area contributed by atoms with E-state index in [1.54, 1.807) is 13.3 Å². The van der Waals surface area contributed by atoms with Crippen molar-refractivity contribution < 1.29 is 9.26 Å². The van der Waals surface area contributed by atoms with Crippen molar-refractivity contribution in [3.8, 4) is 0 Å². The number of aromatic nitrogens is 1. The maximum absolute atomic E-state index is 5.36. The highest BCUT2D eigenvalue weighted by Gasteiger charge is 2.15. The number of ether oxygens (including phenoxy) is 1. The van der Waals surface area contributed by atoms with Gasteiger partial charge >= 0.3 is 0 Å². The number of halogens is 1. The van der Waals surface area contributed by atoms with E-state index in [-0.39, 0.29) is 24.0 Å². The molecule has 1 aromatic rings. The fourth-order valence-electron chi connectivity index (χ4n) is 2.21. The van der Waals surface area contributed by atoms with Crippen LogP contribution in [0.25, 0.3) is 0 Å². The van der Waals surface area contributed by atoms with Crippen LogP contribution < -0.4 is 5.32 Å². The molecule has 1 aromatic heterocycles. The quantitative estimate of drug-likeness (QED) is 0.479. The number of rotatable bonds is 4. The van der Waals surface area contributed by atoms with E-state index in [1.807, 2.05) is 18.0 Å². The molecule has 0 saturated carbocycles. The lowest BCUT2D eigenvalue weighted by Gasteiger charge is -2.26. The summed E-state index contributed by atoms with van der Waals surface area (Å²) in [5.41, 5.74) is 0.900. The topological polar surface area (TPSA) is 62.9 Å². The van der Waals surface area contributed by atoms with Gasteiger partial charge in [0.25, 0.3) is 0 Å². The Balaban J connectivity index is 0.00000200. The summed E-state index contributed by atoms with van der Waals surface area (Å²) in [6.45, 7) is 3.38. The normalized spacial score (nSPS) is 16.6. The molecule has 0 aromatic carbocycles. The Labute approximate surface area is 137 Å². The SMILES string of the molecule is CN=C(NCC1CCOCC1)N(C)Cc1ccon1.I. The van der Waals surface area contributed by atoms with Gasteiger partial charge in [-0.2, -0.15) is 0 Å². The molecule has 114 valence electrons. The van der Waals surface area contributed by atoms with Crippen LogP contribution in [0.3, 0.4) is 0 Å². The molecule has 1 N–H and O–H groups in total. The second kappa shape index (κ2) is 9.17. The Morgan fingerprint density at radius 1 is 1.50 bits per heavy atom. The summed E-state index contributed by atoms with van der Waals surface area (Å²) in [4.78, 5) is 6.33. The van der Waals surface area contributed by atoms with E-state index in [0.29, 0.717) is 12.5 Å². The average molecular weight is 394 g/mol. The zero-order chi connectivity index (χ0) is 13.5. The Morgan fingerprint density at radius 3 is 2.85 bits per heavy atom. The molecule has 2 rings (SSSR count). The van der Waals surface area contributed by atoms with Crippen LogP contribution in [0.4, 0.5) is 0 Å². The first-order valence-corrected chi connectivity index (χ1v) is 6.68. The van der Waals surface area contributed by atoms with Crippen molar-refractivity contribution in [3.63, 3.8) is 0 Å². The van der Waals surface area contributed by atoms with E-state index in [0.717, 1.165) is 44.3 Å². The van der Waals surface area contributed by atoms with E-state index in [1.165, 1.54) is 0 Å². The van der Waals surface area contributed by atoms with Gasteiger partial charge in [0.2, 0.25) is 0 Å². The van der Waals surface area contributed by atoms with Crippen LogP contribution in [0, 0.1) is 5.92 Å². The third kappa shape index (κ3) is 5.28. The summed E-state index contributed by atoms with van der Waals surface area (Å²) in [6, 6.07) is 1.86. The van der Waals surface area contributed by atoms with Gasteiger partial charge in [0.1, 0.15) is 12.0 Å². The van der Waals surface area contributed by atoms with Gasteiger partial charge in [0.05, 0.1) is 6.54 Å². The summed E-state index contributed by atoms with van der Waals surface area (Å²) in [5.74, 6) is 1.56. The van der Waals surface area contributed by atoms with E-state index in [9.17, 15) is 0 Å². The monoisotopic (exact) mass is 394 g/mol. The molecule has 7 heteroatoms. The van der Waals surface area contributed by atoms with Gasteiger partial charge in [-0.15, -0.1) is 24.0 Å². The largest absolute Gasteiger partial charge is 0.381 e. The molecule has 1 aliphatic rings. The van der Waals surface area contributed by atoms with Crippen molar-refractivity contribution in [1.82, 2.24) is 15.4 Å². The average Bonchev–Trinajstić information content (AvgIpc) is 2.93. The van der Waals surface area contributed by atoms with Gasteiger partial charge in [-0.1, -0.05) is 5.16 Å². The highest BCUT2D eigenvalue weighted by molar-refractivity contribution is 14.0. The van der Waals surface area contributed by atoms with Gasteiger partial charge < -0.3 is 19.5 Å². The van der Waals surface area contributed by atoms with Crippen LogP contribution in [0.5, 0.6) is 0 Å². The number of nitrogens with one attached hydrogen (secondary N) is 1. The van der Waals surface area contributed by atoms with Crippen molar-refractivity contribution in [2.24, 2.45) is 10.9 Å². The second-order valence-electron chi connectivity index (χ2n) is 4.83. The Morgan fingerprint density at radius 2 is 2.25 bits per heavy atom. The molecule has 0 amide bonds. The molecule has 0 bridgehead atoms. The van der Waals surface area contributed by atoms with Crippen LogP contribution in [-0.2, 0) is 11.3 Å². The summed E-state index contributed by atoms with van der Waals surface area (Å²) >= 11 is 0. The minimum Gasteiger partial charge on any atom is -0.381 e. The molecule has 0 spiro atoms. The summed E-state index contributed by atoms with van der Waals surface area (Å²) in [5, 5.41) is 7.32. The van der Waals surface area contributed by atoms with Crippen molar-refractivity contribution in [3.05, 3.63) is 18.0 Å². The summed E-state index contributed by atoms with van der Waals surface area (Å²) in [7, 11) is 3.79. The molecule has 0 atom stereocenters. The Kier molecular flexibility index (Phi) is 7.90. The van der Waals surface area contributed by atoms with Gasteiger partial charge in [0.15, 0.2) is 5.96 Å². The molecule has 0 aliphatic carbocycles. The third-order valence-electron chi connectivity index (χ3n) is 3.35. The molecule has 2 heterocycles. The van der Waals surface area contributed by atoms with Gasteiger partial charge in [-0.25, -0.2) is 0 Å². The lowest BCUT2D eigenvalue weighted by atomic mass is 10.0. The highest BCUT2D eigenvalue weighted by Crippen LogP contribution is 2.13. The lowest BCUT2D eigenvalue weighted by Crippen LogP contribution is -2.41. The first-order valence-electron chi connectivity index (χ1n) is 6.68. The standard InChI is InChI=1S/C13H22N4O2.HI/c1-14-13(15-9-11-3-6-18-7-4-11)17(2)10-12-5-8-19-16-12;/h5,8,11H,3-4,6-7,9-10H2,1-2H3,(H,14,15);1H. The molecule has 0 radical (unpaired) electrons. The van der Waals surface area contributed by atoms with Crippen LogP contribution in [0.2, 0.25) is 0 Å². The molecule has 20 heavy (non-hydrogen) atoms. The van der Waals surface area contributed by atoms with Crippen molar-refractivity contribution in [2.45, 2.75) is 19.4 Å². The maximum Gasteiger partial charge on any atom is 0.193 e. The molecular formula is C13H23IN4O2. The third-order valence-corrected chi connectivity index (χ3v) is 3.35. The van der Waals surface area contributed by atoms with Crippen molar-refractivity contribution >= 4 is 29.9 Å². The minimum absolute atomic E-state index is 0. The first kappa shape index (κ1) is 17.2. The molecule has 0 unspecified atom stereocenters. The molecule has 1 fully saturated rings. The summed E-state index contributed by atoms with van der Waals surface area (Å²) in [6.07, 6.45) is 3.83. The van der Waals surface area contributed by atoms with Crippen LogP contribution >= 0.6 is 24.0 Å². The second-order valence-corrected chi connectivity index (χ2v) is 4.83. The first-order chi connectivity index (χ1) is 9.29. The lowest BCUT2D eigenvalue weighted by molar-refractivity contribution is 0.0674. The molecule has 6 nitrogen and oxygen atoms in total. The van der Waals surface area contributed by atoms with Crippen molar-refractivity contribution in [2.75, 3.05) is 33.9 Å². The Bertz CT molecular complexity index is 391. The number of guanidine groups is 1. The summed E-state index contributed by atoms with van der Waals surface area (Å²) < 4.78 is 10.2. The minimum atomic E-state index is 0. The van der Waals surface area contributed by atoms with Gasteiger partial charge in [-0.3, -0.25) is 4.99 Å². The molecule has 1 aliphatic heterocycles. The number of nitrogens with zero attached hydrogens (tertiary/aromatic N) is 3. The van der Waals surface area contributed by atoms with E-state index in [2.05, 4.69) is 15.5 Å². The number of aliphatic imine (C=N–C) groups is 1. The zero-order valence-electron chi connectivity index (χ0n) is 12.0. The van der Waals surface area contributed by atoms with Crippen LogP contribution in [0.15, 0.2) is 21.8 Å². The van der Waals surface area contributed by atoms with Gasteiger partial charge in [0, 0.05) is 39.9 Å². The predicted molar refractivity (Wildman–Crippen MR) is 88.3 cm³/mol.